The summed E-state index contributed by atoms with van der Waals surface area (Å²) in [4.78, 5) is 20.5. The molecule has 1 fully saturated rings. The number of hydrogen-bond donors (Lipinski definition) is 4. The number of nitrogen functional groups attached to an aromatic ring is 1. The largest absolute Gasteiger partial charge is 0.504 e. The maximum Gasteiger partial charge on any atom is 0.320 e. The van der Waals surface area contributed by atoms with Crippen molar-refractivity contribution in [2.24, 2.45) is 16.6 Å². The van der Waals surface area contributed by atoms with Crippen LogP contribution in [-0.4, -0.2) is 97.2 Å². The van der Waals surface area contributed by atoms with Gasteiger partial charge in [-0.15, -0.1) is 0 Å². The van der Waals surface area contributed by atoms with Crippen LogP contribution in [0, 0.1) is 11.3 Å². The number of carbonyl (C=O) groups excluding carboxylic acids is 1. The average Bonchev–Trinajstić information content (AvgIpc) is 3.47. The van der Waals surface area contributed by atoms with E-state index in [0.29, 0.717) is 32.5 Å². The van der Waals surface area contributed by atoms with Crippen LogP contribution in [0.3, 0.4) is 0 Å². The first-order valence-electron chi connectivity index (χ1n) is 15.1. The van der Waals surface area contributed by atoms with Gasteiger partial charge in [0.15, 0.2) is 23.2 Å². The first kappa shape index (κ1) is 32.7. The minimum absolute atomic E-state index is 0.0939. The van der Waals surface area contributed by atoms with Crippen LogP contribution in [0.25, 0.3) is 0 Å². The van der Waals surface area contributed by atoms with Gasteiger partial charge in [0.1, 0.15) is 17.4 Å². The third-order valence-electron chi connectivity index (χ3n) is 8.12. The zero-order valence-corrected chi connectivity index (χ0v) is 26.1. The minimum atomic E-state index is -1.60. The topological polar surface area (TPSA) is 149 Å². The number of esters is 1. The Morgan fingerprint density at radius 3 is 2.59 bits per heavy atom. The number of hydrazine groups is 1. The number of likely N-dealkylation sites (tertiary alicyclic amines) is 1. The monoisotopic (exact) mass is 639 g/mol. The van der Waals surface area contributed by atoms with E-state index in [0.717, 1.165) is 23.0 Å². The number of aliphatic imine (C=N–C) groups is 1. The highest BCUT2D eigenvalue weighted by atomic mass is 19.1. The second-order valence-electron chi connectivity index (χ2n) is 11.2. The molecule has 0 amide bonds. The van der Waals surface area contributed by atoms with E-state index in [2.05, 4.69) is 10.4 Å². The average molecular weight is 640 g/mol. The highest BCUT2D eigenvalue weighted by Gasteiger charge is 2.43. The molecule has 3 aliphatic heterocycles. The lowest BCUT2D eigenvalue weighted by atomic mass is 9.86. The quantitative estimate of drug-likeness (QED) is 0.164. The number of piperidine rings is 1. The summed E-state index contributed by atoms with van der Waals surface area (Å²) in [7, 11) is 3.39. The third-order valence-corrected chi connectivity index (χ3v) is 8.12. The maximum absolute atomic E-state index is 16.6. The number of amidine groups is 2. The Morgan fingerprint density at radius 1 is 1.17 bits per heavy atom. The van der Waals surface area contributed by atoms with Gasteiger partial charge in [-0.05, 0) is 69.1 Å². The van der Waals surface area contributed by atoms with E-state index in [1.807, 2.05) is 22.9 Å². The van der Waals surface area contributed by atoms with Crippen molar-refractivity contribution < 1.29 is 32.9 Å². The predicted octanol–water partition coefficient (Wildman–Crippen LogP) is 3.24. The molecule has 2 aromatic rings. The standard InChI is InChI=1S/C32H39F2N7O5/c1-4-44-25(43)18-40-13-10-19(11-14-40)26-27(33)31(45-22-7-5-6-21(16-22)30-38-12-15-39(30)3)41(37-2)32(28(26)34)46-24-17-20(29(35)36)8-9-23(24)42/h5-9,16-17,19,32,37,42H,4,10-15,18H2,1-3H3,(H3,35,36). The second-order valence-corrected chi connectivity index (χ2v) is 11.2. The van der Waals surface area contributed by atoms with Crippen molar-refractivity contribution in [1.29, 1.82) is 5.41 Å². The molecular weight excluding hydrogens is 600 g/mol. The molecule has 0 radical (unpaired) electrons. The van der Waals surface area contributed by atoms with Crippen LogP contribution >= 0.6 is 0 Å². The van der Waals surface area contributed by atoms with Gasteiger partial charge < -0.3 is 30.0 Å². The summed E-state index contributed by atoms with van der Waals surface area (Å²) in [6.45, 7) is 4.38. The molecule has 14 heteroatoms. The molecular formula is C32H39F2N7O5. The molecule has 3 heterocycles. The van der Waals surface area contributed by atoms with E-state index in [1.54, 1.807) is 25.1 Å². The fourth-order valence-electron chi connectivity index (χ4n) is 5.79. The number of hydrogen-bond acceptors (Lipinski definition) is 11. The number of aromatic hydroxyl groups is 1. The van der Waals surface area contributed by atoms with Crippen LogP contribution < -0.4 is 20.6 Å². The van der Waals surface area contributed by atoms with E-state index in [1.165, 1.54) is 25.2 Å². The van der Waals surface area contributed by atoms with Crippen molar-refractivity contribution in [3.8, 4) is 17.2 Å². The summed E-state index contributed by atoms with van der Waals surface area (Å²) in [6, 6.07) is 11.0. The SMILES string of the molecule is CCOC(=O)CN1CCC(C2=C(F)C(Oc3cc(C(=N)N)ccc3O)N(NC)C(Oc3cccc(C4=NCCN4C)c3)=C2F)CC1. The number of benzene rings is 2. The lowest BCUT2D eigenvalue weighted by Gasteiger charge is -2.39. The van der Waals surface area contributed by atoms with Gasteiger partial charge >= 0.3 is 5.97 Å². The van der Waals surface area contributed by atoms with Crippen molar-refractivity contribution >= 4 is 17.6 Å². The van der Waals surface area contributed by atoms with Gasteiger partial charge in [-0.1, -0.05) is 12.1 Å². The molecule has 0 saturated carbocycles. The van der Waals surface area contributed by atoms with Crippen molar-refractivity contribution in [2.45, 2.75) is 26.0 Å². The van der Waals surface area contributed by atoms with E-state index in [9.17, 15) is 9.90 Å². The third kappa shape index (κ3) is 6.92. The van der Waals surface area contributed by atoms with Gasteiger partial charge in [0.2, 0.25) is 6.23 Å². The molecule has 5 rings (SSSR count). The summed E-state index contributed by atoms with van der Waals surface area (Å²) in [6.07, 6.45) is -0.877. The van der Waals surface area contributed by atoms with Gasteiger partial charge in [-0.2, -0.15) is 0 Å². The van der Waals surface area contributed by atoms with Crippen LogP contribution in [0.2, 0.25) is 0 Å². The molecule has 5 N–H and O–H groups in total. The van der Waals surface area contributed by atoms with Crippen molar-refractivity contribution in [1.82, 2.24) is 20.2 Å². The number of ether oxygens (including phenoxy) is 3. The van der Waals surface area contributed by atoms with Gasteiger partial charge in [-0.3, -0.25) is 20.1 Å². The van der Waals surface area contributed by atoms with Crippen LogP contribution in [0.1, 0.15) is 30.9 Å². The van der Waals surface area contributed by atoms with E-state index >= 15 is 8.78 Å². The highest BCUT2D eigenvalue weighted by Crippen LogP contribution is 2.42. The summed E-state index contributed by atoms with van der Waals surface area (Å²) < 4.78 is 50.4. The molecule has 3 aliphatic rings. The van der Waals surface area contributed by atoms with Crippen LogP contribution in [0.5, 0.6) is 17.2 Å². The second kappa shape index (κ2) is 14.2. The smallest absolute Gasteiger partial charge is 0.320 e. The van der Waals surface area contributed by atoms with Crippen LogP contribution in [-0.2, 0) is 9.53 Å². The number of nitrogens with one attached hydrogen (secondary N) is 2. The van der Waals surface area contributed by atoms with Crippen molar-refractivity contribution in [2.75, 3.05) is 53.4 Å². The molecule has 0 aromatic heterocycles. The summed E-state index contributed by atoms with van der Waals surface area (Å²) in [5.74, 6) is -2.77. The number of halogens is 2. The lowest BCUT2D eigenvalue weighted by molar-refractivity contribution is -0.144. The molecule has 1 saturated heterocycles. The Bertz CT molecular complexity index is 1570. The number of nitrogens with zero attached hydrogens (tertiary/aromatic N) is 4. The Balaban J connectivity index is 1.51. The number of phenolic OH excluding ortho intramolecular Hbond substituents is 1. The first-order valence-corrected chi connectivity index (χ1v) is 15.1. The number of phenols is 1. The van der Waals surface area contributed by atoms with Crippen molar-refractivity contribution in [3.05, 3.63) is 76.7 Å². The van der Waals surface area contributed by atoms with Crippen LogP contribution in [0.4, 0.5) is 8.78 Å². The van der Waals surface area contributed by atoms with E-state index in [4.69, 9.17) is 25.4 Å². The van der Waals surface area contributed by atoms with Gasteiger partial charge in [0.05, 0.1) is 19.7 Å². The number of rotatable bonds is 11. The maximum atomic E-state index is 16.6. The lowest BCUT2D eigenvalue weighted by Crippen LogP contribution is -2.51. The number of allylic oxidation sites excluding steroid dienone is 2. The molecule has 1 unspecified atom stereocenters. The molecule has 0 spiro atoms. The molecule has 246 valence electrons. The fourth-order valence-corrected chi connectivity index (χ4v) is 5.79. The molecule has 1 atom stereocenters. The van der Waals surface area contributed by atoms with Gasteiger partial charge in [-0.25, -0.2) is 19.2 Å². The molecule has 0 aliphatic carbocycles. The fraction of sp³-hybridized carbons (Fsp3) is 0.406. The summed E-state index contributed by atoms with van der Waals surface area (Å²) in [5, 5.41) is 19.4. The molecule has 2 aromatic carbocycles. The van der Waals surface area contributed by atoms with Crippen LogP contribution in [0.15, 0.2) is 70.6 Å². The number of carbonyl (C=O) groups is 1. The Hall–Kier alpha value is -4.69. The molecule has 0 bridgehead atoms. The highest BCUT2D eigenvalue weighted by molar-refractivity contribution is 6.00. The normalized spacial score (nSPS) is 19.4. The zero-order valence-electron chi connectivity index (χ0n) is 26.1. The number of nitrogens with two attached hydrogens (primary N) is 1. The minimum Gasteiger partial charge on any atom is -0.504 e. The Kier molecular flexibility index (Phi) is 10.1. The van der Waals surface area contributed by atoms with Gasteiger partial charge in [0.25, 0.3) is 5.88 Å². The summed E-state index contributed by atoms with van der Waals surface area (Å²) in [5.41, 5.74) is 9.22. The first-order chi connectivity index (χ1) is 22.1. The molecule has 12 nitrogen and oxygen atoms in total. The van der Waals surface area contributed by atoms with Gasteiger partial charge in [0, 0.05) is 37.3 Å². The van der Waals surface area contributed by atoms with E-state index in [-0.39, 0.29) is 59.2 Å². The van der Waals surface area contributed by atoms with Crippen molar-refractivity contribution in [3.63, 3.8) is 0 Å². The summed E-state index contributed by atoms with van der Waals surface area (Å²) >= 11 is 0. The molecule has 46 heavy (non-hydrogen) atoms. The number of likely N-dealkylation sites (N-methyl/N-ethyl adjacent to an activating group) is 1. The predicted molar refractivity (Wildman–Crippen MR) is 168 cm³/mol. The Morgan fingerprint density at radius 2 is 1.93 bits per heavy atom. The zero-order chi connectivity index (χ0) is 33.0. The van der Waals surface area contributed by atoms with E-state index < -0.39 is 23.8 Å². The Labute approximate surface area is 266 Å².